The molecule has 0 fully saturated rings. The Labute approximate surface area is 143 Å². The molecule has 0 aliphatic heterocycles. The molecule has 3 rings (SSSR count). The zero-order valence-corrected chi connectivity index (χ0v) is 14.6. The number of sulfonamides is 1. The fourth-order valence-corrected chi connectivity index (χ4v) is 4.09. The molecule has 1 aromatic heterocycles. The number of benzene rings is 2. The second-order valence-electron chi connectivity index (χ2n) is 5.42. The van der Waals surface area contributed by atoms with Crippen LogP contribution in [0.3, 0.4) is 0 Å². The third-order valence-electron chi connectivity index (χ3n) is 3.78. The number of fused-ring (bicyclic) bond motifs is 1. The molecule has 0 atom stereocenters. The maximum atomic E-state index is 12.8. The van der Waals surface area contributed by atoms with Crippen molar-refractivity contribution in [2.24, 2.45) is 7.05 Å². The van der Waals surface area contributed by atoms with Gasteiger partial charge < -0.3 is 4.42 Å². The van der Waals surface area contributed by atoms with Crippen LogP contribution in [-0.4, -0.2) is 24.3 Å². The van der Waals surface area contributed by atoms with Crippen molar-refractivity contribution < 1.29 is 12.8 Å². The van der Waals surface area contributed by atoms with E-state index in [0.29, 0.717) is 5.52 Å². The molecule has 0 spiro atoms. The monoisotopic (exact) mass is 366 g/mol. The summed E-state index contributed by atoms with van der Waals surface area (Å²) < 4.78 is 33.1. The summed E-state index contributed by atoms with van der Waals surface area (Å²) in [6, 6.07) is 11.9. The average molecular weight is 367 g/mol. The van der Waals surface area contributed by atoms with E-state index in [4.69, 9.17) is 16.0 Å². The van der Waals surface area contributed by atoms with Gasteiger partial charge in [-0.3, -0.25) is 4.57 Å². The Morgan fingerprint density at radius 2 is 1.88 bits per heavy atom. The van der Waals surface area contributed by atoms with Gasteiger partial charge >= 0.3 is 5.76 Å². The third-order valence-corrected chi connectivity index (χ3v) is 6.05. The van der Waals surface area contributed by atoms with Gasteiger partial charge in [-0.1, -0.05) is 41.9 Å². The highest BCUT2D eigenvalue weighted by molar-refractivity contribution is 7.89. The van der Waals surface area contributed by atoms with E-state index in [9.17, 15) is 13.2 Å². The standard InChI is InChI=1S/C16H15ClN2O4S/c1-18(10-11-6-4-3-5-7-11)24(21,22)15-9-14-13(8-12(15)17)19(2)16(20)23-14/h3-9H,10H2,1-2H3. The van der Waals surface area contributed by atoms with Gasteiger partial charge in [-0.25, -0.2) is 13.2 Å². The van der Waals surface area contributed by atoms with Crippen LogP contribution in [0.4, 0.5) is 0 Å². The summed E-state index contributed by atoms with van der Waals surface area (Å²) in [7, 11) is -0.829. The number of rotatable bonds is 4. The van der Waals surface area contributed by atoms with Gasteiger partial charge in [0.15, 0.2) is 5.58 Å². The van der Waals surface area contributed by atoms with Gasteiger partial charge in [0.2, 0.25) is 10.0 Å². The van der Waals surface area contributed by atoms with E-state index in [1.807, 2.05) is 30.3 Å². The number of aromatic nitrogens is 1. The van der Waals surface area contributed by atoms with E-state index in [1.54, 1.807) is 0 Å². The SMILES string of the molecule is CN(Cc1ccccc1)S(=O)(=O)c1cc2oc(=O)n(C)c2cc1Cl. The van der Waals surface area contributed by atoms with Crippen molar-refractivity contribution in [3.63, 3.8) is 0 Å². The molecular weight excluding hydrogens is 352 g/mol. The third kappa shape index (κ3) is 2.86. The van der Waals surface area contributed by atoms with Crippen LogP contribution in [0.1, 0.15) is 5.56 Å². The molecule has 8 heteroatoms. The fraction of sp³-hybridized carbons (Fsp3) is 0.188. The minimum Gasteiger partial charge on any atom is -0.408 e. The molecule has 0 aliphatic rings. The van der Waals surface area contributed by atoms with Crippen LogP contribution in [0.5, 0.6) is 0 Å². The lowest BCUT2D eigenvalue weighted by molar-refractivity contribution is 0.466. The van der Waals surface area contributed by atoms with E-state index in [1.165, 1.54) is 35.1 Å². The summed E-state index contributed by atoms with van der Waals surface area (Å²) in [5.41, 5.74) is 1.47. The van der Waals surface area contributed by atoms with Gasteiger partial charge in [-0.2, -0.15) is 4.31 Å². The Bertz CT molecular complexity index is 1050. The molecule has 6 nitrogen and oxygen atoms in total. The Kier molecular flexibility index (Phi) is 4.25. The molecule has 24 heavy (non-hydrogen) atoms. The Morgan fingerprint density at radius 3 is 2.54 bits per heavy atom. The lowest BCUT2D eigenvalue weighted by Crippen LogP contribution is -2.26. The summed E-state index contributed by atoms with van der Waals surface area (Å²) in [5.74, 6) is -0.576. The number of aryl methyl sites for hydroxylation is 1. The minimum atomic E-state index is -3.83. The second kappa shape index (κ2) is 6.08. The molecule has 3 aromatic rings. The van der Waals surface area contributed by atoms with Gasteiger partial charge in [0.25, 0.3) is 0 Å². The molecule has 0 radical (unpaired) electrons. The van der Waals surface area contributed by atoms with Crippen molar-refractivity contribution in [3.05, 3.63) is 63.6 Å². The Morgan fingerprint density at radius 1 is 1.21 bits per heavy atom. The highest BCUT2D eigenvalue weighted by Crippen LogP contribution is 2.29. The molecule has 0 N–H and O–H groups in total. The van der Waals surface area contributed by atoms with E-state index in [0.717, 1.165) is 5.56 Å². The van der Waals surface area contributed by atoms with Crippen LogP contribution in [0.15, 0.2) is 56.6 Å². The topological polar surface area (TPSA) is 72.5 Å². The first kappa shape index (κ1) is 16.8. The summed E-state index contributed by atoms with van der Waals surface area (Å²) in [6.45, 7) is 0.205. The number of oxazole rings is 1. The highest BCUT2D eigenvalue weighted by atomic mass is 35.5. The molecule has 0 aliphatic carbocycles. The van der Waals surface area contributed by atoms with E-state index in [-0.39, 0.29) is 22.0 Å². The first-order valence-corrected chi connectivity index (χ1v) is 8.92. The molecular formula is C16H15ClN2O4S. The highest BCUT2D eigenvalue weighted by Gasteiger charge is 2.25. The van der Waals surface area contributed by atoms with Crippen molar-refractivity contribution in [1.29, 1.82) is 0 Å². The van der Waals surface area contributed by atoms with Crippen LogP contribution in [0.2, 0.25) is 5.02 Å². The summed E-state index contributed by atoms with van der Waals surface area (Å²) >= 11 is 6.15. The molecule has 0 saturated carbocycles. The van der Waals surface area contributed by atoms with Gasteiger partial charge in [0.05, 0.1) is 10.5 Å². The van der Waals surface area contributed by atoms with Crippen LogP contribution in [0, 0.1) is 0 Å². The number of hydrogen-bond donors (Lipinski definition) is 0. The van der Waals surface area contributed by atoms with Gasteiger partial charge in [0, 0.05) is 26.7 Å². The zero-order valence-electron chi connectivity index (χ0n) is 13.1. The predicted molar refractivity (Wildman–Crippen MR) is 91.6 cm³/mol. The summed E-state index contributed by atoms with van der Waals surface area (Å²) in [4.78, 5) is 11.5. The van der Waals surface area contributed by atoms with Crippen LogP contribution < -0.4 is 5.76 Å². The van der Waals surface area contributed by atoms with Crippen LogP contribution >= 0.6 is 11.6 Å². The molecule has 1 heterocycles. The van der Waals surface area contributed by atoms with E-state index >= 15 is 0 Å². The Balaban J connectivity index is 2.04. The largest absolute Gasteiger partial charge is 0.419 e. The number of nitrogens with zero attached hydrogens (tertiary/aromatic N) is 2. The predicted octanol–water partition coefficient (Wildman–Crippen LogP) is 2.61. The van der Waals surface area contributed by atoms with Crippen molar-refractivity contribution in [3.8, 4) is 0 Å². The maximum Gasteiger partial charge on any atom is 0.419 e. The smallest absolute Gasteiger partial charge is 0.408 e. The number of hydrogen-bond acceptors (Lipinski definition) is 4. The first-order chi connectivity index (χ1) is 11.3. The quantitative estimate of drug-likeness (QED) is 0.711. The molecule has 126 valence electrons. The second-order valence-corrected chi connectivity index (χ2v) is 7.84. The molecule has 0 bridgehead atoms. The minimum absolute atomic E-state index is 0.0406. The van der Waals surface area contributed by atoms with Crippen molar-refractivity contribution in [1.82, 2.24) is 8.87 Å². The van der Waals surface area contributed by atoms with Gasteiger partial charge in [0.1, 0.15) is 4.90 Å². The van der Waals surface area contributed by atoms with E-state index in [2.05, 4.69) is 0 Å². The average Bonchev–Trinajstić information content (AvgIpc) is 2.82. The van der Waals surface area contributed by atoms with E-state index < -0.39 is 15.8 Å². The van der Waals surface area contributed by atoms with Gasteiger partial charge in [-0.05, 0) is 11.6 Å². The molecule has 0 amide bonds. The van der Waals surface area contributed by atoms with Gasteiger partial charge in [-0.15, -0.1) is 0 Å². The maximum absolute atomic E-state index is 12.8. The lowest BCUT2D eigenvalue weighted by Gasteiger charge is -2.18. The van der Waals surface area contributed by atoms with Crippen molar-refractivity contribution in [2.45, 2.75) is 11.4 Å². The molecule has 0 saturated heterocycles. The summed E-state index contributed by atoms with van der Waals surface area (Å²) in [6.07, 6.45) is 0. The molecule has 2 aromatic carbocycles. The first-order valence-electron chi connectivity index (χ1n) is 7.10. The summed E-state index contributed by atoms with van der Waals surface area (Å²) in [5, 5.41) is 0.0406. The number of halogens is 1. The fourth-order valence-electron chi connectivity index (χ4n) is 2.42. The van der Waals surface area contributed by atoms with Crippen LogP contribution in [-0.2, 0) is 23.6 Å². The Hall–Kier alpha value is -2.09. The lowest BCUT2D eigenvalue weighted by atomic mass is 10.2. The van der Waals surface area contributed by atoms with Crippen molar-refractivity contribution in [2.75, 3.05) is 7.05 Å². The van der Waals surface area contributed by atoms with Crippen LogP contribution in [0.25, 0.3) is 11.1 Å². The van der Waals surface area contributed by atoms with Crippen molar-refractivity contribution >= 4 is 32.7 Å². The normalized spacial score (nSPS) is 12.2. The zero-order chi connectivity index (χ0) is 17.5. The molecule has 0 unspecified atom stereocenters.